The summed E-state index contributed by atoms with van der Waals surface area (Å²) in [4.78, 5) is 19.2. The molecular weight excluding hydrogens is 391 g/mol. The van der Waals surface area contributed by atoms with Gasteiger partial charge < -0.3 is 14.8 Å². The number of nitrogens with one attached hydrogen (secondary N) is 1. The summed E-state index contributed by atoms with van der Waals surface area (Å²) in [7, 11) is 1.75. The summed E-state index contributed by atoms with van der Waals surface area (Å²) < 4.78 is 16.2. The van der Waals surface area contributed by atoms with Gasteiger partial charge in [0.05, 0.1) is 23.0 Å². The average Bonchev–Trinajstić information content (AvgIpc) is 3.31. The van der Waals surface area contributed by atoms with Crippen molar-refractivity contribution in [3.8, 4) is 5.69 Å². The number of hydrogen-bond acceptors (Lipinski definition) is 3. The Morgan fingerprint density at radius 2 is 2.13 bits per heavy atom. The molecule has 2 atom stereocenters. The van der Waals surface area contributed by atoms with Gasteiger partial charge in [-0.1, -0.05) is 0 Å². The molecule has 1 aliphatic heterocycles. The lowest BCUT2D eigenvalue weighted by atomic mass is 9.93. The van der Waals surface area contributed by atoms with Crippen molar-refractivity contribution in [2.24, 2.45) is 5.92 Å². The van der Waals surface area contributed by atoms with Crippen LogP contribution in [0.3, 0.4) is 0 Å². The van der Waals surface area contributed by atoms with Crippen LogP contribution in [0, 0.1) is 18.7 Å². The first-order chi connectivity index (χ1) is 14.8. The molecule has 0 aliphatic carbocycles. The van der Waals surface area contributed by atoms with Crippen molar-refractivity contribution in [3.05, 3.63) is 59.3 Å². The minimum atomic E-state index is -0.416. The van der Waals surface area contributed by atoms with Gasteiger partial charge in [0.15, 0.2) is 0 Å². The highest BCUT2D eigenvalue weighted by Crippen LogP contribution is 2.32. The minimum Gasteiger partial charge on any atom is -0.339 e. The van der Waals surface area contributed by atoms with Gasteiger partial charge in [0.25, 0.3) is 5.91 Å². The normalized spacial score (nSPS) is 18.8. The molecule has 3 heterocycles. The molecule has 1 N–H and O–H groups in total. The van der Waals surface area contributed by atoms with Gasteiger partial charge in [-0.2, -0.15) is 0 Å². The zero-order chi connectivity index (χ0) is 22.3. The van der Waals surface area contributed by atoms with Crippen molar-refractivity contribution in [2.75, 3.05) is 13.6 Å². The molecule has 164 valence electrons. The second kappa shape index (κ2) is 8.42. The Hall–Kier alpha value is -2.73. The van der Waals surface area contributed by atoms with E-state index in [1.54, 1.807) is 18.0 Å². The summed E-state index contributed by atoms with van der Waals surface area (Å²) in [6.07, 6.45) is 7.95. The summed E-state index contributed by atoms with van der Waals surface area (Å²) in [5.41, 5.74) is 4.34. The molecule has 2 unspecified atom stereocenters. The minimum absolute atomic E-state index is 0.0147. The van der Waals surface area contributed by atoms with Crippen LogP contribution in [0.5, 0.6) is 0 Å². The molecular formula is C25H31FN4O. The van der Waals surface area contributed by atoms with E-state index >= 15 is 0 Å². The molecule has 1 saturated heterocycles. The Morgan fingerprint density at radius 1 is 1.35 bits per heavy atom. The van der Waals surface area contributed by atoms with Crippen LogP contribution in [0.1, 0.15) is 48.7 Å². The third kappa shape index (κ3) is 3.97. The molecule has 0 saturated carbocycles. The molecule has 1 aromatic carbocycles. The SMILES string of the molecule is Cc1cncc2c1c(CC1CCNC1C)cn2-c1ccc(F)cc1C(=O)N(C)C(C)C. The van der Waals surface area contributed by atoms with Gasteiger partial charge in [-0.25, -0.2) is 4.39 Å². The van der Waals surface area contributed by atoms with Crippen molar-refractivity contribution >= 4 is 16.8 Å². The molecule has 3 aromatic rings. The fourth-order valence-electron chi connectivity index (χ4n) is 4.58. The maximum absolute atomic E-state index is 14.2. The number of fused-ring (bicyclic) bond motifs is 1. The fourth-order valence-corrected chi connectivity index (χ4v) is 4.58. The molecule has 1 amide bonds. The smallest absolute Gasteiger partial charge is 0.256 e. The van der Waals surface area contributed by atoms with Crippen molar-refractivity contribution in [1.82, 2.24) is 19.8 Å². The number of aromatic nitrogens is 2. The second-order valence-electron chi connectivity index (χ2n) is 9.04. The summed E-state index contributed by atoms with van der Waals surface area (Å²) in [6.45, 7) is 9.25. The number of aryl methyl sites for hydroxylation is 1. The highest BCUT2D eigenvalue weighted by Gasteiger charge is 2.26. The number of carbonyl (C=O) groups is 1. The van der Waals surface area contributed by atoms with E-state index in [2.05, 4.69) is 30.3 Å². The number of rotatable bonds is 5. The van der Waals surface area contributed by atoms with Gasteiger partial charge in [0, 0.05) is 36.9 Å². The quantitative estimate of drug-likeness (QED) is 0.659. The molecule has 1 aliphatic rings. The number of nitrogens with zero attached hydrogens (tertiary/aromatic N) is 3. The monoisotopic (exact) mass is 422 g/mol. The van der Waals surface area contributed by atoms with Gasteiger partial charge in [-0.3, -0.25) is 9.78 Å². The molecule has 4 rings (SSSR count). The van der Waals surface area contributed by atoms with Gasteiger partial charge in [0.1, 0.15) is 5.82 Å². The number of hydrogen-bond donors (Lipinski definition) is 1. The predicted molar refractivity (Wildman–Crippen MR) is 122 cm³/mol. The van der Waals surface area contributed by atoms with E-state index in [0.717, 1.165) is 30.5 Å². The fraction of sp³-hybridized carbons (Fsp3) is 0.440. The summed E-state index contributed by atoms with van der Waals surface area (Å²) >= 11 is 0. The topological polar surface area (TPSA) is 50.2 Å². The Balaban J connectivity index is 1.87. The van der Waals surface area contributed by atoms with E-state index in [1.807, 2.05) is 30.8 Å². The van der Waals surface area contributed by atoms with Gasteiger partial charge in [-0.05, 0) is 82.3 Å². The zero-order valence-corrected chi connectivity index (χ0v) is 18.9. The maximum atomic E-state index is 14.2. The lowest BCUT2D eigenvalue weighted by Crippen LogP contribution is -2.33. The molecule has 2 aromatic heterocycles. The van der Waals surface area contributed by atoms with Gasteiger partial charge in [0.2, 0.25) is 0 Å². The Morgan fingerprint density at radius 3 is 2.81 bits per heavy atom. The van der Waals surface area contributed by atoms with Crippen LogP contribution in [-0.2, 0) is 6.42 Å². The van der Waals surface area contributed by atoms with E-state index in [4.69, 9.17) is 0 Å². The van der Waals surface area contributed by atoms with Crippen molar-refractivity contribution < 1.29 is 9.18 Å². The average molecular weight is 423 g/mol. The number of halogens is 1. The first-order valence-corrected chi connectivity index (χ1v) is 11.0. The van der Waals surface area contributed by atoms with Crippen LogP contribution in [0.25, 0.3) is 16.6 Å². The van der Waals surface area contributed by atoms with Crippen LogP contribution in [0.4, 0.5) is 4.39 Å². The van der Waals surface area contributed by atoms with Crippen molar-refractivity contribution in [2.45, 2.75) is 52.6 Å². The Bertz CT molecular complexity index is 1120. The highest BCUT2D eigenvalue weighted by atomic mass is 19.1. The summed E-state index contributed by atoms with van der Waals surface area (Å²) in [5.74, 6) is -0.0451. The van der Waals surface area contributed by atoms with E-state index < -0.39 is 5.82 Å². The van der Waals surface area contributed by atoms with E-state index in [1.165, 1.54) is 23.1 Å². The molecule has 5 nitrogen and oxygen atoms in total. The van der Waals surface area contributed by atoms with E-state index in [0.29, 0.717) is 23.2 Å². The standard InChI is InChI=1S/C25H31FN4O/c1-15(2)29(5)25(31)21-11-20(26)6-7-22(21)30-14-19(10-18-8-9-28-17(18)4)24-16(3)12-27-13-23(24)30/h6-7,11-15,17-18,28H,8-10H2,1-5H3. The third-order valence-corrected chi connectivity index (χ3v) is 6.70. The van der Waals surface area contributed by atoms with Gasteiger partial charge >= 0.3 is 0 Å². The van der Waals surface area contributed by atoms with Crippen LogP contribution in [0.15, 0.2) is 36.8 Å². The highest BCUT2D eigenvalue weighted by molar-refractivity contribution is 5.99. The van der Waals surface area contributed by atoms with Crippen LogP contribution >= 0.6 is 0 Å². The number of pyridine rings is 1. The van der Waals surface area contributed by atoms with Crippen LogP contribution < -0.4 is 5.32 Å². The number of benzene rings is 1. The Kier molecular flexibility index (Phi) is 5.84. The second-order valence-corrected chi connectivity index (χ2v) is 9.04. The molecule has 1 fully saturated rings. The largest absolute Gasteiger partial charge is 0.339 e. The predicted octanol–water partition coefficient (Wildman–Crippen LogP) is 4.49. The van der Waals surface area contributed by atoms with Gasteiger partial charge in [-0.15, -0.1) is 0 Å². The first-order valence-electron chi connectivity index (χ1n) is 11.0. The molecule has 0 bridgehead atoms. The summed E-state index contributed by atoms with van der Waals surface area (Å²) in [5, 5.41) is 4.71. The zero-order valence-electron chi connectivity index (χ0n) is 18.9. The van der Waals surface area contributed by atoms with Crippen molar-refractivity contribution in [1.29, 1.82) is 0 Å². The lowest BCUT2D eigenvalue weighted by molar-refractivity contribution is 0.0754. The van der Waals surface area contributed by atoms with Crippen LogP contribution in [0.2, 0.25) is 0 Å². The number of amides is 1. The maximum Gasteiger partial charge on any atom is 0.256 e. The van der Waals surface area contributed by atoms with Crippen molar-refractivity contribution in [3.63, 3.8) is 0 Å². The molecule has 0 radical (unpaired) electrons. The first kappa shape index (κ1) is 21.5. The molecule has 6 heteroatoms. The van der Waals surface area contributed by atoms with Crippen LogP contribution in [-0.4, -0.2) is 46.0 Å². The van der Waals surface area contributed by atoms with E-state index in [-0.39, 0.29) is 11.9 Å². The Labute approximate surface area is 183 Å². The lowest BCUT2D eigenvalue weighted by Gasteiger charge is -2.23. The van der Waals surface area contributed by atoms with E-state index in [9.17, 15) is 9.18 Å². The number of carbonyl (C=O) groups excluding carboxylic acids is 1. The summed E-state index contributed by atoms with van der Waals surface area (Å²) in [6, 6.07) is 4.94. The molecule has 0 spiro atoms. The third-order valence-electron chi connectivity index (χ3n) is 6.70. The molecule has 31 heavy (non-hydrogen) atoms.